The molecule has 16 heteroatoms. The van der Waals surface area contributed by atoms with Crippen LogP contribution in [0.3, 0.4) is 0 Å². The lowest BCUT2D eigenvalue weighted by Gasteiger charge is -2.32. The molecule has 3 aliphatic heterocycles. The Hall–Kier alpha value is -6.84. The second-order valence-electron chi connectivity index (χ2n) is 14.3. The first-order valence-electron chi connectivity index (χ1n) is 19.0. The molecule has 4 aromatic rings. The number of nitrogens with two attached hydrogens (primary N) is 1. The molecule has 0 bridgehead atoms. The van der Waals surface area contributed by atoms with Crippen LogP contribution in [0.15, 0.2) is 72.9 Å². The Labute approximate surface area is 327 Å². The van der Waals surface area contributed by atoms with Gasteiger partial charge in [-0.05, 0) is 80.0 Å². The van der Waals surface area contributed by atoms with E-state index < -0.39 is 35.6 Å². The number of amides is 8. The van der Waals surface area contributed by atoms with E-state index in [0.29, 0.717) is 56.0 Å². The molecule has 1 unspecified atom stereocenters. The fraction of sp³-hybridized carbons (Fsp3) is 0.317. The largest absolute Gasteiger partial charge is 0.375 e. The van der Waals surface area contributed by atoms with E-state index in [1.807, 2.05) is 41.3 Å². The van der Waals surface area contributed by atoms with Crippen LogP contribution in [0.2, 0.25) is 0 Å². The lowest BCUT2D eigenvalue weighted by molar-refractivity contribution is -0.136. The van der Waals surface area contributed by atoms with E-state index in [1.54, 1.807) is 12.1 Å². The van der Waals surface area contributed by atoms with Crippen molar-refractivity contribution in [3.8, 4) is 0 Å². The molecule has 1 atom stereocenters. The van der Waals surface area contributed by atoms with Crippen LogP contribution < -0.4 is 32.3 Å². The van der Waals surface area contributed by atoms with Gasteiger partial charge in [-0.25, -0.2) is 4.79 Å². The summed E-state index contributed by atoms with van der Waals surface area (Å²) in [6.07, 6.45) is 4.39. The van der Waals surface area contributed by atoms with Crippen molar-refractivity contribution in [1.29, 1.82) is 0 Å². The maximum absolute atomic E-state index is 13.3. The summed E-state index contributed by atoms with van der Waals surface area (Å²) in [6.45, 7) is 1.84. The minimum absolute atomic E-state index is 0.0197. The summed E-state index contributed by atoms with van der Waals surface area (Å²) < 4.78 is 0. The number of piperidine rings is 2. The summed E-state index contributed by atoms with van der Waals surface area (Å²) in [7, 11) is 0. The van der Waals surface area contributed by atoms with Crippen molar-refractivity contribution in [2.45, 2.75) is 50.5 Å². The Morgan fingerprint density at radius 1 is 0.860 bits per heavy atom. The van der Waals surface area contributed by atoms with Gasteiger partial charge in [0.1, 0.15) is 6.04 Å². The van der Waals surface area contributed by atoms with Gasteiger partial charge in [-0.3, -0.25) is 44.0 Å². The summed E-state index contributed by atoms with van der Waals surface area (Å²) in [5, 5.41) is 15.0. The molecule has 294 valence electrons. The first-order valence-corrected chi connectivity index (χ1v) is 19.0. The van der Waals surface area contributed by atoms with Gasteiger partial charge in [-0.1, -0.05) is 30.3 Å². The van der Waals surface area contributed by atoms with Crippen molar-refractivity contribution in [3.05, 3.63) is 95.2 Å². The first kappa shape index (κ1) is 38.4. The third kappa shape index (κ3) is 8.39. The molecule has 2 saturated heterocycles. The highest BCUT2D eigenvalue weighted by molar-refractivity contribution is 6.25. The lowest BCUT2D eigenvalue weighted by atomic mass is 9.88. The zero-order valence-corrected chi connectivity index (χ0v) is 31.1. The zero-order chi connectivity index (χ0) is 40.1. The number of anilines is 3. The highest BCUT2D eigenvalue weighted by atomic mass is 16.2. The van der Waals surface area contributed by atoms with Crippen LogP contribution in [-0.4, -0.2) is 95.0 Å². The number of primary amides is 1. The van der Waals surface area contributed by atoms with Crippen LogP contribution in [0.5, 0.6) is 0 Å². The van der Waals surface area contributed by atoms with Crippen molar-refractivity contribution in [2.24, 2.45) is 5.73 Å². The number of imide groups is 2. The Bertz CT molecular complexity index is 2260. The van der Waals surface area contributed by atoms with Crippen LogP contribution in [0.4, 0.5) is 21.9 Å². The summed E-state index contributed by atoms with van der Waals surface area (Å²) in [5.41, 5.74) is 9.80. The van der Waals surface area contributed by atoms with E-state index in [2.05, 4.69) is 43.7 Å². The van der Waals surface area contributed by atoms with Crippen molar-refractivity contribution >= 4 is 69.4 Å². The van der Waals surface area contributed by atoms with Crippen molar-refractivity contribution in [2.75, 3.05) is 43.4 Å². The number of carbonyl (C=O) groups is 7. The molecule has 16 nitrogen and oxygen atoms in total. The maximum atomic E-state index is 13.3. The van der Waals surface area contributed by atoms with Gasteiger partial charge in [0.25, 0.3) is 17.7 Å². The number of hydrogen-bond acceptors (Lipinski definition) is 10. The minimum atomic E-state index is -1.08. The molecular weight excluding hydrogens is 731 g/mol. The SMILES string of the molecule is NC(=O)c1cnc2ccc(C3CCN(C(=O)NCCCCNC(=O)CNc4cccc5c4C(=O)N(C4CCC(=O)NC4=O)C5=O)CC3)cc2c1Nc1ccccc1. The molecule has 0 saturated carbocycles. The van der Waals surface area contributed by atoms with E-state index >= 15 is 0 Å². The fourth-order valence-corrected chi connectivity index (χ4v) is 7.55. The number of fused-ring (bicyclic) bond motifs is 2. The van der Waals surface area contributed by atoms with Gasteiger partial charge in [0.05, 0.1) is 34.4 Å². The molecule has 1 aromatic heterocycles. The van der Waals surface area contributed by atoms with E-state index in [1.165, 1.54) is 12.3 Å². The number of rotatable bonds is 13. The van der Waals surface area contributed by atoms with Crippen LogP contribution >= 0.6 is 0 Å². The second-order valence-corrected chi connectivity index (χ2v) is 14.3. The third-order valence-corrected chi connectivity index (χ3v) is 10.6. The van der Waals surface area contributed by atoms with Crippen LogP contribution in [0.1, 0.15) is 81.1 Å². The molecule has 7 N–H and O–H groups in total. The number of nitrogens with zero attached hydrogens (tertiary/aromatic N) is 3. The van der Waals surface area contributed by atoms with Gasteiger partial charge in [-0.2, -0.15) is 0 Å². The van der Waals surface area contributed by atoms with E-state index in [0.717, 1.165) is 39.9 Å². The zero-order valence-electron chi connectivity index (χ0n) is 31.1. The summed E-state index contributed by atoms with van der Waals surface area (Å²) >= 11 is 0. The van der Waals surface area contributed by atoms with Gasteiger partial charge in [-0.15, -0.1) is 0 Å². The fourth-order valence-electron chi connectivity index (χ4n) is 7.55. The molecule has 0 spiro atoms. The Kier molecular flexibility index (Phi) is 11.4. The number of para-hydroxylation sites is 1. The molecule has 7 rings (SSSR count). The topological polar surface area (TPSA) is 225 Å². The summed E-state index contributed by atoms with van der Waals surface area (Å²) in [4.78, 5) is 95.3. The molecule has 0 aliphatic carbocycles. The molecule has 3 aromatic carbocycles. The molecular formula is C41H43N9O7. The molecule has 0 radical (unpaired) electrons. The van der Waals surface area contributed by atoms with Crippen molar-refractivity contribution in [1.82, 2.24) is 30.7 Å². The van der Waals surface area contributed by atoms with Crippen molar-refractivity contribution in [3.63, 3.8) is 0 Å². The number of aromatic nitrogens is 1. The summed E-state index contributed by atoms with van der Waals surface area (Å²) in [6, 6.07) is 19.1. The summed E-state index contributed by atoms with van der Waals surface area (Å²) in [5.74, 6) is -3.10. The van der Waals surface area contributed by atoms with E-state index in [9.17, 15) is 33.6 Å². The Morgan fingerprint density at radius 2 is 1.61 bits per heavy atom. The predicted molar refractivity (Wildman–Crippen MR) is 211 cm³/mol. The third-order valence-electron chi connectivity index (χ3n) is 10.6. The predicted octanol–water partition coefficient (Wildman–Crippen LogP) is 3.38. The van der Waals surface area contributed by atoms with E-state index in [4.69, 9.17) is 5.73 Å². The van der Waals surface area contributed by atoms with Crippen LogP contribution in [-0.2, 0) is 14.4 Å². The number of hydrogen-bond donors (Lipinski definition) is 6. The van der Waals surface area contributed by atoms with Crippen LogP contribution in [0.25, 0.3) is 10.9 Å². The Balaban J connectivity index is 0.832. The number of likely N-dealkylation sites (tertiary alicyclic amines) is 1. The average molecular weight is 774 g/mol. The average Bonchev–Trinajstić information content (AvgIpc) is 3.47. The standard InChI is InChI=1S/C41H43N9O7/c42-37(53)29-22-45-30-12-11-25(21-28(30)36(29)47-26-7-2-1-3-8-26)24-15-19-49(20-16-24)41(57)44-18-5-4-17-43-34(52)23-46-31-10-6-9-27-35(31)40(56)50(39(27)55)32-13-14-33(51)48-38(32)54/h1-3,6-12,21-22,24,32,46H,4-5,13-20,23H2,(H2,42,53)(H,43,52)(H,44,57)(H,45,47)(H,48,51,54). The van der Waals surface area contributed by atoms with Gasteiger partial charge in [0.2, 0.25) is 17.7 Å². The Morgan fingerprint density at radius 3 is 2.35 bits per heavy atom. The smallest absolute Gasteiger partial charge is 0.317 e. The number of pyridine rings is 1. The number of carbonyl (C=O) groups excluding carboxylic acids is 7. The molecule has 3 aliphatic rings. The van der Waals surface area contributed by atoms with E-state index in [-0.39, 0.29) is 48.4 Å². The highest BCUT2D eigenvalue weighted by Gasteiger charge is 2.45. The number of unbranched alkanes of at least 4 members (excludes halogenated alkanes) is 1. The molecule has 8 amide bonds. The first-order chi connectivity index (χ1) is 27.6. The van der Waals surface area contributed by atoms with Gasteiger partial charge < -0.3 is 31.9 Å². The monoisotopic (exact) mass is 773 g/mol. The maximum Gasteiger partial charge on any atom is 0.317 e. The molecule has 57 heavy (non-hydrogen) atoms. The molecule has 2 fully saturated rings. The number of nitrogens with one attached hydrogen (secondary N) is 5. The normalized spacial score (nSPS) is 16.9. The molecule has 4 heterocycles. The van der Waals surface area contributed by atoms with Gasteiger partial charge in [0, 0.05) is 55.6 Å². The second kappa shape index (κ2) is 16.9. The lowest BCUT2D eigenvalue weighted by Crippen LogP contribution is -2.54. The van der Waals surface area contributed by atoms with Gasteiger partial charge in [0.15, 0.2) is 0 Å². The highest BCUT2D eigenvalue weighted by Crippen LogP contribution is 2.35. The van der Waals surface area contributed by atoms with Crippen LogP contribution in [0, 0.1) is 0 Å². The van der Waals surface area contributed by atoms with Gasteiger partial charge >= 0.3 is 6.03 Å². The van der Waals surface area contributed by atoms with Crippen molar-refractivity contribution < 1.29 is 33.6 Å². The number of benzene rings is 3. The quantitative estimate of drug-likeness (QED) is 0.0858. The number of urea groups is 1. The minimum Gasteiger partial charge on any atom is -0.375 e.